The van der Waals surface area contributed by atoms with Crippen LogP contribution in [0.15, 0.2) is 51.5 Å². The molecule has 3 aromatic rings. The summed E-state index contributed by atoms with van der Waals surface area (Å²) in [5.41, 5.74) is 1.64. The number of rotatable bonds is 3. The molecule has 0 bridgehead atoms. The van der Waals surface area contributed by atoms with Crippen LogP contribution in [0.5, 0.6) is 11.5 Å². The zero-order valence-corrected chi connectivity index (χ0v) is 16.4. The average Bonchev–Trinajstić information content (AvgIpc) is 3.34. The summed E-state index contributed by atoms with van der Waals surface area (Å²) in [5, 5.41) is 4.08. The van der Waals surface area contributed by atoms with Crippen molar-refractivity contribution >= 4 is 27.5 Å². The Hall–Kier alpha value is -2.87. The molecule has 2 aliphatic heterocycles. The number of carbonyl (C=O) groups excluding carboxylic acids is 1. The monoisotopic (exact) mass is 441 g/mol. The Balaban J connectivity index is 1.37. The summed E-state index contributed by atoms with van der Waals surface area (Å²) < 4.78 is 17.6. The molecule has 5 rings (SSSR count). The number of amides is 1. The average molecular weight is 442 g/mol. The van der Waals surface area contributed by atoms with Gasteiger partial charge < -0.3 is 18.9 Å². The minimum atomic E-state index is -0.144. The van der Waals surface area contributed by atoms with Crippen molar-refractivity contribution in [2.75, 3.05) is 24.7 Å². The van der Waals surface area contributed by atoms with Crippen LogP contribution in [-0.2, 0) is 4.79 Å². The minimum Gasteiger partial charge on any atom is -0.486 e. The zero-order valence-electron chi connectivity index (χ0n) is 14.8. The Morgan fingerprint density at radius 3 is 2.79 bits per heavy atom. The van der Waals surface area contributed by atoms with Crippen molar-refractivity contribution in [3.8, 4) is 22.9 Å². The number of benzene rings is 2. The third-order valence-corrected chi connectivity index (χ3v) is 5.33. The fourth-order valence-corrected chi connectivity index (χ4v) is 3.87. The fraction of sp³-hybridized carbons (Fsp3) is 0.250. The summed E-state index contributed by atoms with van der Waals surface area (Å²) in [7, 11) is 0. The van der Waals surface area contributed by atoms with Gasteiger partial charge in [0, 0.05) is 34.8 Å². The van der Waals surface area contributed by atoms with E-state index in [4.69, 9.17) is 14.0 Å². The molecular weight excluding hydrogens is 426 g/mol. The van der Waals surface area contributed by atoms with Gasteiger partial charge in [-0.15, -0.1) is 0 Å². The summed E-state index contributed by atoms with van der Waals surface area (Å²) in [6, 6.07) is 13.2. The number of hydrogen-bond acceptors (Lipinski definition) is 6. The SMILES string of the molecule is O=C1CC(c2nc(-c3cccc(Br)c3)no2)CN1c1ccc2c(c1)OCCO2. The largest absolute Gasteiger partial charge is 0.486 e. The van der Waals surface area contributed by atoms with Crippen molar-refractivity contribution in [1.82, 2.24) is 10.1 Å². The highest BCUT2D eigenvalue weighted by Crippen LogP contribution is 2.37. The Labute approximate surface area is 169 Å². The van der Waals surface area contributed by atoms with E-state index in [1.807, 2.05) is 42.5 Å². The van der Waals surface area contributed by atoms with Crippen LogP contribution in [0.25, 0.3) is 11.4 Å². The highest BCUT2D eigenvalue weighted by atomic mass is 79.9. The molecule has 28 heavy (non-hydrogen) atoms. The topological polar surface area (TPSA) is 77.7 Å². The number of aromatic nitrogens is 2. The first-order chi connectivity index (χ1) is 13.7. The van der Waals surface area contributed by atoms with E-state index in [0.29, 0.717) is 49.4 Å². The van der Waals surface area contributed by atoms with Gasteiger partial charge in [-0.05, 0) is 24.3 Å². The molecule has 0 radical (unpaired) electrons. The molecule has 1 saturated heterocycles. The second-order valence-corrected chi connectivity index (χ2v) is 7.62. The fourth-order valence-electron chi connectivity index (χ4n) is 3.47. The lowest BCUT2D eigenvalue weighted by molar-refractivity contribution is -0.117. The normalized spacial score (nSPS) is 18.5. The van der Waals surface area contributed by atoms with E-state index in [9.17, 15) is 4.79 Å². The minimum absolute atomic E-state index is 0.0175. The van der Waals surface area contributed by atoms with Gasteiger partial charge in [0.15, 0.2) is 11.5 Å². The van der Waals surface area contributed by atoms with Crippen LogP contribution in [0.2, 0.25) is 0 Å². The molecule has 0 N–H and O–H groups in total. The number of anilines is 1. The van der Waals surface area contributed by atoms with Crippen LogP contribution in [0.3, 0.4) is 0 Å². The molecule has 1 fully saturated rings. The van der Waals surface area contributed by atoms with E-state index in [2.05, 4.69) is 26.1 Å². The maximum absolute atomic E-state index is 12.6. The lowest BCUT2D eigenvalue weighted by Crippen LogP contribution is -2.24. The molecule has 1 atom stereocenters. The highest BCUT2D eigenvalue weighted by molar-refractivity contribution is 9.10. The quantitative estimate of drug-likeness (QED) is 0.615. The molecule has 8 heteroatoms. The van der Waals surface area contributed by atoms with Crippen molar-refractivity contribution in [3.63, 3.8) is 0 Å². The standard InChI is InChI=1S/C20H16BrN3O4/c21-14-3-1-2-12(8-14)19-22-20(28-23-19)13-9-18(25)24(11-13)15-4-5-16-17(10-15)27-7-6-26-16/h1-5,8,10,13H,6-7,9,11H2. The van der Waals surface area contributed by atoms with Gasteiger partial charge >= 0.3 is 0 Å². The van der Waals surface area contributed by atoms with Gasteiger partial charge in [0.1, 0.15) is 13.2 Å². The number of fused-ring (bicyclic) bond motifs is 1. The zero-order chi connectivity index (χ0) is 19.1. The maximum atomic E-state index is 12.6. The summed E-state index contributed by atoms with van der Waals surface area (Å²) in [6.45, 7) is 1.53. The van der Waals surface area contributed by atoms with Crippen LogP contribution in [0.1, 0.15) is 18.2 Å². The summed E-state index contributed by atoms with van der Waals surface area (Å²) >= 11 is 3.44. The molecule has 0 spiro atoms. The van der Waals surface area contributed by atoms with Gasteiger partial charge in [-0.3, -0.25) is 4.79 Å². The number of hydrogen-bond donors (Lipinski definition) is 0. The number of ether oxygens (including phenoxy) is 2. The number of nitrogens with zero attached hydrogens (tertiary/aromatic N) is 3. The first kappa shape index (κ1) is 17.2. The second-order valence-electron chi connectivity index (χ2n) is 6.70. The highest BCUT2D eigenvalue weighted by Gasteiger charge is 2.35. The maximum Gasteiger partial charge on any atom is 0.232 e. The van der Waals surface area contributed by atoms with Crippen LogP contribution < -0.4 is 14.4 Å². The second kappa shape index (κ2) is 6.94. The van der Waals surface area contributed by atoms with E-state index in [1.165, 1.54) is 0 Å². The van der Waals surface area contributed by atoms with Crippen LogP contribution >= 0.6 is 15.9 Å². The molecule has 3 heterocycles. The smallest absolute Gasteiger partial charge is 0.232 e. The van der Waals surface area contributed by atoms with Gasteiger partial charge in [0.2, 0.25) is 17.6 Å². The molecule has 0 aliphatic carbocycles. The predicted molar refractivity (Wildman–Crippen MR) is 105 cm³/mol. The van der Waals surface area contributed by atoms with Gasteiger partial charge in [0.05, 0.1) is 5.92 Å². The lowest BCUT2D eigenvalue weighted by atomic mass is 10.1. The third kappa shape index (κ3) is 3.13. The third-order valence-electron chi connectivity index (χ3n) is 4.84. The predicted octanol–water partition coefficient (Wildman–Crippen LogP) is 3.79. The van der Waals surface area contributed by atoms with E-state index >= 15 is 0 Å². The molecular formula is C20H16BrN3O4. The number of halogens is 1. The van der Waals surface area contributed by atoms with Gasteiger partial charge in [0.25, 0.3) is 0 Å². The van der Waals surface area contributed by atoms with E-state index < -0.39 is 0 Å². The Bertz CT molecular complexity index is 1050. The molecule has 2 aliphatic rings. The molecule has 142 valence electrons. The van der Waals surface area contributed by atoms with E-state index in [-0.39, 0.29) is 11.8 Å². The first-order valence-corrected chi connectivity index (χ1v) is 9.76. The first-order valence-electron chi connectivity index (χ1n) is 8.97. The number of carbonyl (C=O) groups is 1. The summed E-state index contributed by atoms with van der Waals surface area (Å²) in [6.07, 6.45) is 0.328. The molecule has 7 nitrogen and oxygen atoms in total. The van der Waals surface area contributed by atoms with Gasteiger partial charge in [-0.2, -0.15) is 4.98 Å². The van der Waals surface area contributed by atoms with E-state index in [1.54, 1.807) is 4.90 Å². The summed E-state index contributed by atoms with van der Waals surface area (Å²) in [4.78, 5) is 18.8. The molecule has 2 aromatic carbocycles. The van der Waals surface area contributed by atoms with Crippen molar-refractivity contribution in [2.45, 2.75) is 12.3 Å². The van der Waals surface area contributed by atoms with Crippen molar-refractivity contribution < 1.29 is 18.8 Å². The Morgan fingerprint density at radius 2 is 1.93 bits per heavy atom. The van der Waals surface area contributed by atoms with Crippen molar-refractivity contribution in [2.24, 2.45) is 0 Å². The van der Waals surface area contributed by atoms with Gasteiger partial charge in [-0.1, -0.05) is 33.2 Å². The Morgan fingerprint density at radius 1 is 1.07 bits per heavy atom. The van der Waals surface area contributed by atoms with Crippen LogP contribution in [0, 0.1) is 0 Å². The molecule has 1 unspecified atom stereocenters. The molecule has 0 saturated carbocycles. The molecule has 1 amide bonds. The van der Waals surface area contributed by atoms with Crippen molar-refractivity contribution in [1.29, 1.82) is 0 Å². The lowest BCUT2D eigenvalue weighted by Gasteiger charge is -2.22. The Kier molecular flexibility index (Phi) is 4.27. The van der Waals surface area contributed by atoms with Gasteiger partial charge in [-0.25, -0.2) is 0 Å². The van der Waals surface area contributed by atoms with Crippen LogP contribution in [-0.4, -0.2) is 35.8 Å². The van der Waals surface area contributed by atoms with E-state index in [0.717, 1.165) is 15.7 Å². The van der Waals surface area contributed by atoms with Crippen molar-refractivity contribution in [3.05, 3.63) is 52.8 Å². The van der Waals surface area contributed by atoms with Crippen LogP contribution in [0.4, 0.5) is 5.69 Å². The molecule has 1 aromatic heterocycles. The summed E-state index contributed by atoms with van der Waals surface area (Å²) in [5.74, 6) is 2.23.